The molecule has 0 saturated carbocycles. The van der Waals surface area contributed by atoms with Gasteiger partial charge in [-0.3, -0.25) is 0 Å². The lowest BCUT2D eigenvalue weighted by Crippen LogP contribution is -2.15. The first-order valence-corrected chi connectivity index (χ1v) is 5.92. The first-order valence-electron chi connectivity index (χ1n) is 5.11. The maximum absolute atomic E-state index is 9.78. The van der Waals surface area contributed by atoms with E-state index in [2.05, 4.69) is 16.8 Å². The fraction of sp³-hybridized carbons (Fsp3) is 0.700. The van der Waals surface area contributed by atoms with Crippen molar-refractivity contribution in [3.05, 3.63) is 10.6 Å². The van der Waals surface area contributed by atoms with E-state index in [0.29, 0.717) is 0 Å². The number of aliphatic hydroxyl groups is 1. The summed E-state index contributed by atoms with van der Waals surface area (Å²) in [5.41, 5.74) is 1.11. The third kappa shape index (κ3) is 1.64. The summed E-state index contributed by atoms with van der Waals surface area (Å²) in [7, 11) is 2.04. The van der Waals surface area contributed by atoms with Crippen molar-refractivity contribution in [1.29, 1.82) is 0 Å². The number of hydrogen-bond donors (Lipinski definition) is 1. The van der Waals surface area contributed by atoms with Gasteiger partial charge in [0.15, 0.2) is 5.13 Å². The molecule has 1 heterocycles. The van der Waals surface area contributed by atoms with Gasteiger partial charge in [0.25, 0.3) is 0 Å². The Bertz CT molecular complexity index is 324. The molecule has 1 unspecified atom stereocenters. The summed E-state index contributed by atoms with van der Waals surface area (Å²) >= 11 is 1.64. The zero-order valence-corrected chi connectivity index (χ0v) is 9.47. The van der Waals surface area contributed by atoms with Crippen molar-refractivity contribution in [2.75, 3.05) is 18.5 Å². The van der Waals surface area contributed by atoms with E-state index in [1.165, 1.54) is 0 Å². The molecule has 1 aromatic rings. The molecule has 1 aliphatic carbocycles. The van der Waals surface area contributed by atoms with Crippen LogP contribution in [0.4, 0.5) is 5.13 Å². The summed E-state index contributed by atoms with van der Waals surface area (Å²) in [6.45, 7) is 3.07. The Hall–Kier alpha value is -0.610. The van der Waals surface area contributed by atoms with Gasteiger partial charge in [-0.1, -0.05) is 11.3 Å². The number of aromatic nitrogens is 1. The zero-order chi connectivity index (χ0) is 10.1. The molecule has 1 aromatic heterocycles. The summed E-state index contributed by atoms with van der Waals surface area (Å²) in [6.07, 6.45) is 2.72. The van der Waals surface area contributed by atoms with Gasteiger partial charge in [0.05, 0.1) is 16.7 Å². The van der Waals surface area contributed by atoms with Gasteiger partial charge in [0.1, 0.15) is 0 Å². The van der Waals surface area contributed by atoms with Gasteiger partial charge < -0.3 is 10.0 Å². The molecule has 0 spiro atoms. The summed E-state index contributed by atoms with van der Waals surface area (Å²) < 4.78 is 0. The summed E-state index contributed by atoms with van der Waals surface area (Å²) in [5, 5.41) is 10.8. The number of fused-ring (bicyclic) bond motifs is 1. The molecule has 0 fully saturated rings. The van der Waals surface area contributed by atoms with Gasteiger partial charge >= 0.3 is 0 Å². The third-order valence-corrected chi connectivity index (χ3v) is 4.02. The Balaban J connectivity index is 2.30. The van der Waals surface area contributed by atoms with Crippen molar-refractivity contribution >= 4 is 16.5 Å². The van der Waals surface area contributed by atoms with Crippen LogP contribution < -0.4 is 4.90 Å². The van der Waals surface area contributed by atoms with Gasteiger partial charge in [-0.25, -0.2) is 4.98 Å². The van der Waals surface area contributed by atoms with Crippen molar-refractivity contribution in [3.63, 3.8) is 0 Å². The minimum absolute atomic E-state index is 0.268. The Morgan fingerprint density at radius 3 is 3.07 bits per heavy atom. The van der Waals surface area contributed by atoms with Crippen LogP contribution in [-0.2, 0) is 6.42 Å². The molecule has 0 bridgehead atoms. The molecule has 78 valence electrons. The van der Waals surface area contributed by atoms with Crippen molar-refractivity contribution in [3.8, 4) is 0 Å². The molecule has 0 amide bonds. The fourth-order valence-electron chi connectivity index (χ4n) is 1.68. The maximum atomic E-state index is 9.78. The van der Waals surface area contributed by atoms with Crippen LogP contribution >= 0.6 is 11.3 Å². The topological polar surface area (TPSA) is 36.4 Å². The van der Waals surface area contributed by atoms with E-state index in [1.807, 2.05) is 7.05 Å². The number of anilines is 1. The van der Waals surface area contributed by atoms with Gasteiger partial charge in [0, 0.05) is 13.6 Å². The van der Waals surface area contributed by atoms with Gasteiger partial charge in [-0.05, 0) is 26.2 Å². The fourth-order valence-corrected chi connectivity index (χ4v) is 2.84. The molecular formula is C10H16N2OS. The molecule has 4 heteroatoms. The van der Waals surface area contributed by atoms with Crippen LogP contribution in [0.1, 0.15) is 36.4 Å². The first-order chi connectivity index (χ1) is 6.72. The molecule has 14 heavy (non-hydrogen) atoms. The van der Waals surface area contributed by atoms with E-state index in [-0.39, 0.29) is 6.10 Å². The van der Waals surface area contributed by atoms with Crippen LogP contribution in [-0.4, -0.2) is 23.7 Å². The van der Waals surface area contributed by atoms with Crippen LogP contribution in [0.5, 0.6) is 0 Å². The normalized spacial score (nSPS) is 20.6. The van der Waals surface area contributed by atoms with Crippen molar-refractivity contribution in [2.24, 2.45) is 0 Å². The van der Waals surface area contributed by atoms with E-state index in [9.17, 15) is 5.11 Å². The first kappa shape index (κ1) is 9.93. The number of aliphatic hydroxyl groups excluding tert-OH is 1. The monoisotopic (exact) mass is 212 g/mol. The van der Waals surface area contributed by atoms with Gasteiger partial charge in [-0.2, -0.15) is 0 Å². The Kier molecular flexibility index (Phi) is 2.74. The average Bonchev–Trinajstić information content (AvgIpc) is 2.62. The molecule has 3 nitrogen and oxygen atoms in total. The standard InChI is InChI=1S/C10H16N2OS/c1-3-12(2)10-11-7-5-4-6-8(13)9(7)14-10/h8,13H,3-6H2,1-2H3. The van der Waals surface area contributed by atoms with Crippen molar-refractivity contribution in [1.82, 2.24) is 4.98 Å². The van der Waals surface area contributed by atoms with Crippen LogP contribution in [0.2, 0.25) is 0 Å². The Labute approximate surface area is 88.4 Å². The summed E-state index contributed by atoms with van der Waals surface area (Å²) in [6, 6.07) is 0. The molecule has 1 aliphatic rings. The van der Waals surface area contributed by atoms with Crippen LogP contribution in [0.3, 0.4) is 0 Å². The van der Waals surface area contributed by atoms with E-state index in [1.54, 1.807) is 11.3 Å². The lowest BCUT2D eigenvalue weighted by molar-refractivity contribution is 0.160. The smallest absolute Gasteiger partial charge is 0.185 e. The molecule has 2 rings (SSSR count). The molecular weight excluding hydrogens is 196 g/mol. The third-order valence-electron chi connectivity index (χ3n) is 2.71. The van der Waals surface area contributed by atoms with E-state index in [4.69, 9.17) is 0 Å². The van der Waals surface area contributed by atoms with E-state index < -0.39 is 0 Å². The molecule has 1 N–H and O–H groups in total. The number of rotatable bonds is 2. The quantitative estimate of drug-likeness (QED) is 0.814. The lowest BCUT2D eigenvalue weighted by atomic mass is 10.0. The Morgan fingerprint density at radius 1 is 1.64 bits per heavy atom. The second kappa shape index (κ2) is 3.87. The highest BCUT2D eigenvalue weighted by molar-refractivity contribution is 7.15. The van der Waals surface area contributed by atoms with E-state index in [0.717, 1.165) is 41.5 Å². The number of hydrogen-bond acceptors (Lipinski definition) is 4. The SMILES string of the molecule is CCN(C)c1nc2c(s1)C(O)CCC2. The maximum Gasteiger partial charge on any atom is 0.185 e. The van der Waals surface area contributed by atoms with Crippen LogP contribution in [0.15, 0.2) is 0 Å². The van der Waals surface area contributed by atoms with Crippen molar-refractivity contribution in [2.45, 2.75) is 32.3 Å². The molecule has 0 saturated heterocycles. The van der Waals surface area contributed by atoms with Crippen LogP contribution in [0.25, 0.3) is 0 Å². The van der Waals surface area contributed by atoms with Gasteiger partial charge in [0.2, 0.25) is 0 Å². The Morgan fingerprint density at radius 2 is 2.43 bits per heavy atom. The van der Waals surface area contributed by atoms with Crippen molar-refractivity contribution < 1.29 is 5.11 Å². The lowest BCUT2D eigenvalue weighted by Gasteiger charge is -2.14. The summed E-state index contributed by atoms with van der Waals surface area (Å²) in [4.78, 5) is 7.77. The minimum Gasteiger partial charge on any atom is -0.388 e. The predicted octanol–water partition coefficient (Wildman–Crippen LogP) is 1.97. The number of aryl methyl sites for hydroxylation is 1. The minimum atomic E-state index is -0.268. The largest absolute Gasteiger partial charge is 0.388 e. The highest BCUT2D eigenvalue weighted by atomic mass is 32.1. The molecule has 1 atom stereocenters. The van der Waals surface area contributed by atoms with E-state index >= 15 is 0 Å². The summed E-state index contributed by atoms with van der Waals surface area (Å²) in [5.74, 6) is 0. The van der Waals surface area contributed by atoms with Gasteiger partial charge in [-0.15, -0.1) is 0 Å². The average molecular weight is 212 g/mol. The zero-order valence-electron chi connectivity index (χ0n) is 8.66. The number of nitrogens with zero attached hydrogens (tertiary/aromatic N) is 2. The predicted molar refractivity (Wildman–Crippen MR) is 59.0 cm³/mol. The number of thiazole rings is 1. The second-order valence-corrected chi connectivity index (χ2v) is 4.74. The highest BCUT2D eigenvalue weighted by Crippen LogP contribution is 2.36. The molecule has 0 radical (unpaired) electrons. The molecule has 0 aliphatic heterocycles. The molecule has 0 aromatic carbocycles. The second-order valence-electron chi connectivity index (χ2n) is 3.73. The van der Waals surface area contributed by atoms with Crippen LogP contribution in [0, 0.1) is 0 Å². The highest BCUT2D eigenvalue weighted by Gasteiger charge is 2.23.